The lowest BCUT2D eigenvalue weighted by atomic mass is 10.00. The number of rotatable bonds is 4. The maximum Gasteiger partial charge on any atom is 0.233 e. The lowest BCUT2D eigenvalue weighted by molar-refractivity contribution is -0.131. The van der Waals surface area contributed by atoms with Gasteiger partial charge in [-0.1, -0.05) is 12.1 Å². The molecule has 2 aliphatic rings. The van der Waals surface area contributed by atoms with E-state index in [2.05, 4.69) is 0 Å². The second-order valence-corrected chi connectivity index (χ2v) is 7.00. The van der Waals surface area contributed by atoms with Crippen LogP contribution in [0.25, 0.3) is 0 Å². The molecule has 1 atom stereocenters. The summed E-state index contributed by atoms with van der Waals surface area (Å²) in [4.78, 5) is 14.6. The van der Waals surface area contributed by atoms with E-state index in [-0.39, 0.29) is 17.6 Å². The Labute approximate surface area is 153 Å². The molecule has 0 bridgehead atoms. The van der Waals surface area contributed by atoms with Crippen molar-refractivity contribution in [2.24, 2.45) is 0 Å². The second-order valence-electron chi connectivity index (χ2n) is 7.00. The van der Waals surface area contributed by atoms with Gasteiger partial charge in [0.05, 0.1) is 0 Å². The molecule has 0 aromatic heterocycles. The zero-order chi connectivity index (χ0) is 18.1. The van der Waals surface area contributed by atoms with Crippen molar-refractivity contribution in [1.29, 1.82) is 0 Å². The number of nitrogens with zero attached hydrogens (tertiary/aromatic N) is 1. The third-order valence-electron chi connectivity index (χ3n) is 5.20. The average molecular weight is 353 g/mol. The molecule has 2 aliphatic heterocycles. The average Bonchev–Trinajstić information content (AvgIpc) is 3.30. The SMILES string of the molecule is Cc1cc(O)ccc1COc1ccc2c(c1)OCC2C(=O)N1CCCC1. The Balaban J connectivity index is 1.45. The Kier molecular flexibility index (Phi) is 4.45. The van der Waals surface area contributed by atoms with Crippen LogP contribution < -0.4 is 9.47 Å². The molecule has 0 aliphatic carbocycles. The van der Waals surface area contributed by atoms with Crippen molar-refractivity contribution in [3.63, 3.8) is 0 Å². The number of aryl methyl sites for hydroxylation is 1. The van der Waals surface area contributed by atoms with Gasteiger partial charge in [-0.2, -0.15) is 0 Å². The van der Waals surface area contributed by atoms with Crippen molar-refractivity contribution in [1.82, 2.24) is 4.90 Å². The third-order valence-corrected chi connectivity index (χ3v) is 5.20. The molecule has 1 amide bonds. The first kappa shape index (κ1) is 16.8. The van der Waals surface area contributed by atoms with Gasteiger partial charge in [0, 0.05) is 24.7 Å². The smallest absolute Gasteiger partial charge is 0.233 e. The van der Waals surface area contributed by atoms with Crippen molar-refractivity contribution < 1.29 is 19.4 Å². The summed E-state index contributed by atoms with van der Waals surface area (Å²) < 4.78 is 11.6. The summed E-state index contributed by atoms with van der Waals surface area (Å²) in [5, 5.41) is 9.49. The maximum absolute atomic E-state index is 12.7. The number of phenolic OH excluding ortho intramolecular Hbond substituents is 1. The van der Waals surface area contributed by atoms with Crippen molar-refractivity contribution >= 4 is 5.91 Å². The number of carbonyl (C=O) groups excluding carboxylic acids is 1. The molecular weight excluding hydrogens is 330 g/mol. The largest absolute Gasteiger partial charge is 0.508 e. The van der Waals surface area contributed by atoms with Gasteiger partial charge in [0.2, 0.25) is 5.91 Å². The van der Waals surface area contributed by atoms with Crippen LogP contribution >= 0.6 is 0 Å². The van der Waals surface area contributed by atoms with Crippen molar-refractivity contribution in [2.75, 3.05) is 19.7 Å². The molecule has 0 saturated carbocycles. The predicted octanol–water partition coefficient (Wildman–Crippen LogP) is 3.38. The van der Waals surface area contributed by atoms with E-state index in [1.807, 2.05) is 36.1 Å². The molecule has 2 aromatic rings. The van der Waals surface area contributed by atoms with Crippen LogP contribution in [0.5, 0.6) is 17.2 Å². The standard InChI is InChI=1S/C21H23NO4/c1-14-10-16(23)5-4-15(14)12-25-17-6-7-18-19(13-26-20(18)11-17)21(24)22-8-2-3-9-22/h4-7,10-11,19,23H,2-3,8-9,12-13H2,1H3. The van der Waals surface area contributed by atoms with Crippen LogP contribution in [-0.2, 0) is 11.4 Å². The first-order chi connectivity index (χ1) is 12.6. The topological polar surface area (TPSA) is 59.0 Å². The number of hydrogen-bond acceptors (Lipinski definition) is 4. The Morgan fingerprint density at radius 2 is 2.04 bits per heavy atom. The van der Waals surface area contributed by atoms with Crippen LogP contribution in [0, 0.1) is 6.92 Å². The van der Waals surface area contributed by atoms with Gasteiger partial charge < -0.3 is 19.5 Å². The minimum absolute atomic E-state index is 0.176. The highest BCUT2D eigenvalue weighted by atomic mass is 16.5. The summed E-state index contributed by atoms with van der Waals surface area (Å²) >= 11 is 0. The van der Waals surface area contributed by atoms with Crippen LogP contribution in [0.4, 0.5) is 0 Å². The normalized spacial score (nSPS) is 18.5. The fourth-order valence-electron chi connectivity index (χ4n) is 3.65. The van der Waals surface area contributed by atoms with Crippen LogP contribution in [-0.4, -0.2) is 35.6 Å². The van der Waals surface area contributed by atoms with E-state index in [0.717, 1.165) is 48.4 Å². The molecule has 2 aromatic carbocycles. The molecule has 1 N–H and O–H groups in total. The van der Waals surface area contributed by atoms with Crippen LogP contribution in [0.2, 0.25) is 0 Å². The summed E-state index contributed by atoms with van der Waals surface area (Å²) in [6.45, 7) is 4.49. The summed E-state index contributed by atoms with van der Waals surface area (Å²) in [5.74, 6) is 1.69. The molecule has 1 fully saturated rings. The number of fused-ring (bicyclic) bond motifs is 1. The van der Waals surface area contributed by atoms with Gasteiger partial charge in [0.1, 0.15) is 36.4 Å². The number of hydrogen-bond donors (Lipinski definition) is 1. The molecule has 4 rings (SSSR count). The van der Waals surface area contributed by atoms with E-state index in [1.165, 1.54) is 0 Å². The summed E-state index contributed by atoms with van der Waals surface area (Å²) in [5.41, 5.74) is 2.96. The highest BCUT2D eigenvalue weighted by Crippen LogP contribution is 2.38. The molecule has 0 spiro atoms. The molecule has 136 valence electrons. The van der Waals surface area contributed by atoms with E-state index in [0.29, 0.717) is 19.0 Å². The predicted molar refractivity (Wildman–Crippen MR) is 97.7 cm³/mol. The number of phenols is 1. The van der Waals surface area contributed by atoms with Gasteiger partial charge in [-0.25, -0.2) is 0 Å². The highest BCUT2D eigenvalue weighted by Gasteiger charge is 2.34. The van der Waals surface area contributed by atoms with Crippen LogP contribution in [0.15, 0.2) is 36.4 Å². The summed E-state index contributed by atoms with van der Waals surface area (Å²) in [6, 6.07) is 10.9. The maximum atomic E-state index is 12.7. The lowest BCUT2D eigenvalue weighted by Crippen LogP contribution is -2.33. The molecule has 2 heterocycles. The van der Waals surface area contributed by atoms with Crippen LogP contribution in [0.3, 0.4) is 0 Å². The molecule has 5 heteroatoms. The molecule has 5 nitrogen and oxygen atoms in total. The van der Waals surface area contributed by atoms with E-state index < -0.39 is 0 Å². The van der Waals surface area contributed by atoms with E-state index in [1.54, 1.807) is 12.1 Å². The Morgan fingerprint density at radius 1 is 1.23 bits per heavy atom. The first-order valence-electron chi connectivity index (χ1n) is 9.08. The fourth-order valence-corrected chi connectivity index (χ4v) is 3.65. The minimum Gasteiger partial charge on any atom is -0.508 e. The summed E-state index contributed by atoms with van der Waals surface area (Å²) in [6.07, 6.45) is 2.19. The van der Waals surface area contributed by atoms with Gasteiger partial charge in [-0.05, 0) is 49.1 Å². The molecule has 1 unspecified atom stereocenters. The van der Waals surface area contributed by atoms with Gasteiger partial charge in [-0.15, -0.1) is 0 Å². The quantitative estimate of drug-likeness (QED) is 0.915. The number of carbonyl (C=O) groups is 1. The Morgan fingerprint density at radius 3 is 2.81 bits per heavy atom. The summed E-state index contributed by atoms with van der Waals surface area (Å²) in [7, 11) is 0. The number of aromatic hydroxyl groups is 1. The number of ether oxygens (including phenoxy) is 2. The monoisotopic (exact) mass is 353 g/mol. The molecule has 0 radical (unpaired) electrons. The number of amides is 1. The highest BCUT2D eigenvalue weighted by molar-refractivity contribution is 5.86. The van der Waals surface area contributed by atoms with E-state index in [4.69, 9.17) is 9.47 Å². The Hall–Kier alpha value is -2.69. The zero-order valence-corrected chi connectivity index (χ0v) is 14.9. The van der Waals surface area contributed by atoms with Crippen molar-refractivity contribution in [3.8, 4) is 17.2 Å². The van der Waals surface area contributed by atoms with Gasteiger partial charge in [-0.3, -0.25) is 4.79 Å². The van der Waals surface area contributed by atoms with E-state index >= 15 is 0 Å². The third kappa shape index (κ3) is 3.21. The van der Waals surface area contributed by atoms with Crippen LogP contribution in [0.1, 0.15) is 35.4 Å². The van der Waals surface area contributed by atoms with Gasteiger partial charge in [0.15, 0.2) is 0 Å². The molecular formula is C21H23NO4. The fraction of sp³-hybridized carbons (Fsp3) is 0.381. The molecule has 1 saturated heterocycles. The van der Waals surface area contributed by atoms with Gasteiger partial charge >= 0.3 is 0 Å². The second kappa shape index (κ2) is 6.90. The Bertz CT molecular complexity index is 827. The van der Waals surface area contributed by atoms with E-state index in [9.17, 15) is 9.90 Å². The minimum atomic E-state index is -0.198. The molecule has 26 heavy (non-hydrogen) atoms. The van der Waals surface area contributed by atoms with Gasteiger partial charge in [0.25, 0.3) is 0 Å². The first-order valence-corrected chi connectivity index (χ1v) is 9.08. The number of benzene rings is 2. The van der Waals surface area contributed by atoms with Crippen molar-refractivity contribution in [3.05, 3.63) is 53.1 Å². The zero-order valence-electron chi connectivity index (χ0n) is 14.9. The number of likely N-dealkylation sites (tertiary alicyclic amines) is 1. The lowest BCUT2D eigenvalue weighted by Gasteiger charge is -2.19. The van der Waals surface area contributed by atoms with Crippen molar-refractivity contribution in [2.45, 2.75) is 32.3 Å².